The number of benzene rings is 3. The van der Waals surface area contributed by atoms with Crippen molar-refractivity contribution in [1.82, 2.24) is 5.32 Å². The molecule has 0 bridgehead atoms. The lowest BCUT2D eigenvalue weighted by Crippen LogP contribution is -2.22. The van der Waals surface area contributed by atoms with E-state index in [1.54, 1.807) is 0 Å². The van der Waals surface area contributed by atoms with Gasteiger partial charge < -0.3 is 24.7 Å². The third-order valence-corrected chi connectivity index (χ3v) is 6.95. The lowest BCUT2D eigenvalue weighted by molar-refractivity contribution is -0.136. The molecule has 7 nitrogen and oxygen atoms in total. The van der Waals surface area contributed by atoms with E-state index in [0.29, 0.717) is 29.2 Å². The second-order valence-electron chi connectivity index (χ2n) is 9.23. The van der Waals surface area contributed by atoms with Crippen LogP contribution in [0.5, 0.6) is 5.75 Å². The van der Waals surface area contributed by atoms with Crippen LogP contribution >= 0.6 is 0 Å². The molecule has 1 unspecified atom stereocenters. The van der Waals surface area contributed by atoms with E-state index >= 15 is 0 Å². The highest BCUT2D eigenvalue weighted by Gasteiger charge is 2.28. The number of nitriles is 1. The summed E-state index contributed by atoms with van der Waals surface area (Å²) < 4.78 is 11.9. The van der Waals surface area contributed by atoms with E-state index in [2.05, 4.69) is 23.5 Å². The molecule has 5 rings (SSSR count). The molecule has 0 fully saturated rings. The van der Waals surface area contributed by atoms with Gasteiger partial charge in [0.05, 0.1) is 18.6 Å². The van der Waals surface area contributed by atoms with Gasteiger partial charge in [0.1, 0.15) is 24.2 Å². The van der Waals surface area contributed by atoms with Crippen molar-refractivity contribution in [3.8, 4) is 34.3 Å². The highest BCUT2D eigenvalue weighted by molar-refractivity contribution is 5.90. The fraction of sp³-hybridized carbons (Fsp3) is 0.267. The summed E-state index contributed by atoms with van der Waals surface area (Å²) in [5.74, 6) is 0.553. The number of aliphatic hydroxyl groups is 1. The fourth-order valence-corrected chi connectivity index (χ4v) is 5.22. The summed E-state index contributed by atoms with van der Waals surface area (Å²) in [6.07, 6.45) is 1.63. The van der Waals surface area contributed by atoms with Crippen molar-refractivity contribution >= 4 is 16.9 Å². The Morgan fingerprint density at radius 2 is 2.00 bits per heavy atom. The Balaban J connectivity index is 1.52. The normalized spacial score (nSPS) is 14.5. The number of fused-ring (bicyclic) bond motifs is 2. The molecule has 4 aromatic rings. The summed E-state index contributed by atoms with van der Waals surface area (Å²) in [6.45, 7) is 2.63. The molecule has 0 saturated heterocycles. The van der Waals surface area contributed by atoms with Gasteiger partial charge in [-0.05, 0) is 71.8 Å². The standard InChI is InChI=1S/C30H28N2O5/c1-18-22(19-4-2-5-21(14-19)36-13-12-33)6-3-7-23(18)28-16-20-15-25-24(26(17-31)30(20)37-28)8-9-27(25)32-11-10-29(34)35/h2-7,14-16,27,32-33H,8-13H2,1H3,(H,34,35). The van der Waals surface area contributed by atoms with E-state index in [4.69, 9.17) is 19.4 Å². The molecule has 0 radical (unpaired) electrons. The van der Waals surface area contributed by atoms with Crippen molar-refractivity contribution in [1.29, 1.82) is 5.26 Å². The summed E-state index contributed by atoms with van der Waals surface area (Å²) in [5, 5.41) is 32.2. The Kier molecular flexibility index (Phi) is 6.95. The predicted molar refractivity (Wildman–Crippen MR) is 140 cm³/mol. The Morgan fingerprint density at radius 1 is 1.19 bits per heavy atom. The maximum Gasteiger partial charge on any atom is 0.304 e. The number of ether oxygens (including phenoxy) is 1. The molecule has 3 N–H and O–H groups in total. The fourth-order valence-electron chi connectivity index (χ4n) is 5.22. The van der Waals surface area contributed by atoms with E-state index < -0.39 is 5.97 Å². The summed E-state index contributed by atoms with van der Waals surface area (Å²) in [7, 11) is 0. The summed E-state index contributed by atoms with van der Waals surface area (Å²) in [5.41, 5.74) is 7.20. The van der Waals surface area contributed by atoms with Crippen LogP contribution in [-0.4, -0.2) is 35.9 Å². The number of hydrogen-bond acceptors (Lipinski definition) is 6. The maximum atomic E-state index is 10.9. The van der Waals surface area contributed by atoms with Crippen LogP contribution in [0, 0.1) is 18.3 Å². The number of aliphatic carboxylic acids is 1. The number of nitrogens with one attached hydrogen (secondary N) is 1. The molecule has 0 aliphatic heterocycles. The summed E-state index contributed by atoms with van der Waals surface area (Å²) >= 11 is 0. The SMILES string of the molecule is Cc1c(-c2cccc(OCCO)c2)cccc1-c1cc2cc3c(c(C#N)c2o1)CCC3NCCC(=O)O. The van der Waals surface area contributed by atoms with Crippen LogP contribution in [0.4, 0.5) is 0 Å². The number of rotatable bonds is 9. The van der Waals surface area contributed by atoms with Crippen LogP contribution in [0.1, 0.15) is 41.1 Å². The lowest BCUT2D eigenvalue weighted by atomic mass is 9.95. The van der Waals surface area contributed by atoms with Crippen molar-refractivity contribution < 1.29 is 24.2 Å². The van der Waals surface area contributed by atoms with Crippen LogP contribution in [0.15, 0.2) is 59.0 Å². The van der Waals surface area contributed by atoms with Gasteiger partial charge in [-0.25, -0.2) is 0 Å². The van der Waals surface area contributed by atoms with Crippen LogP contribution in [0.25, 0.3) is 33.4 Å². The Hall–Kier alpha value is -4.12. The van der Waals surface area contributed by atoms with Crippen molar-refractivity contribution in [3.63, 3.8) is 0 Å². The Labute approximate surface area is 214 Å². The molecule has 0 amide bonds. The molecule has 1 aliphatic rings. The second kappa shape index (κ2) is 10.5. The first-order valence-electron chi connectivity index (χ1n) is 12.4. The third kappa shape index (κ3) is 4.82. The first kappa shape index (κ1) is 24.6. The molecule has 7 heteroatoms. The van der Waals surface area contributed by atoms with Gasteiger partial charge in [0.15, 0.2) is 5.58 Å². The maximum absolute atomic E-state index is 10.9. The zero-order chi connectivity index (χ0) is 25.9. The minimum absolute atomic E-state index is 0.0228. The molecular weight excluding hydrogens is 468 g/mol. The number of furan rings is 1. The molecular formula is C30H28N2O5. The van der Waals surface area contributed by atoms with Crippen LogP contribution in [-0.2, 0) is 11.2 Å². The third-order valence-electron chi connectivity index (χ3n) is 6.95. The molecule has 1 aliphatic carbocycles. The second-order valence-corrected chi connectivity index (χ2v) is 9.23. The van der Waals surface area contributed by atoms with Crippen LogP contribution < -0.4 is 10.1 Å². The molecule has 0 spiro atoms. The zero-order valence-corrected chi connectivity index (χ0v) is 20.6. The van der Waals surface area contributed by atoms with Gasteiger partial charge in [-0.15, -0.1) is 0 Å². The Morgan fingerprint density at radius 3 is 2.78 bits per heavy atom. The predicted octanol–water partition coefficient (Wildman–Crippen LogP) is 5.37. The molecule has 1 aromatic heterocycles. The summed E-state index contributed by atoms with van der Waals surface area (Å²) in [4.78, 5) is 10.9. The van der Waals surface area contributed by atoms with Gasteiger partial charge in [-0.1, -0.05) is 30.3 Å². The minimum atomic E-state index is -0.833. The number of hydrogen-bond donors (Lipinski definition) is 3. The van der Waals surface area contributed by atoms with Crippen LogP contribution in [0.2, 0.25) is 0 Å². The van der Waals surface area contributed by atoms with Gasteiger partial charge in [0, 0.05) is 23.5 Å². The lowest BCUT2D eigenvalue weighted by Gasteiger charge is -2.13. The molecule has 188 valence electrons. The molecule has 1 heterocycles. The van der Waals surface area contributed by atoms with E-state index in [-0.39, 0.29) is 25.7 Å². The van der Waals surface area contributed by atoms with Crippen molar-refractivity contribution in [2.75, 3.05) is 19.8 Å². The number of carboxylic acid groups (broad SMARTS) is 1. The molecule has 1 atom stereocenters. The van der Waals surface area contributed by atoms with Gasteiger partial charge in [0.25, 0.3) is 0 Å². The van der Waals surface area contributed by atoms with Crippen molar-refractivity contribution in [2.45, 2.75) is 32.2 Å². The summed E-state index contributed by atoms with van der Waals surface area (Å²) in [6, 6.07) is 20.3. The molecule has 37 heavy (non-hydrogen) atoms. The minimum Gasteiger partial charge on any atom is -0.491 e. The Bertz CT molecular complexity index is 1510. The zero-order valence-electron chi connectivity index (χ0n) is 20.6. The largest absolute Gasteiger partial charge is 0.491 e. The van der Waals surface area contributed by atoms with E-state index in [1.807, 2.05) is 49.4 Å². The highest BCUT2D eigenvalue weighted by atomic mass is 16.5. The van der Waals surface area contributed by atoms with Gasteiger partial charge in [-0.2, -0.15) is 5.26 Å². The van der Waals surface area contributed by atoms with Crippen molar-refractivity contribution in [3.05, 3.63) is 76.9 Å². The van der Waals surface area contributed by atoms with E-state index in [0.717, 1.165) is 51.6 Å². The van der Waals surface area contributed by atoms with E-state index in [1.165, 1.54) is 0 Å². The first-order valence-corrected chi connectivity index (χ1v) is 12.4. The first-order chi connectivity index (χ1) is 18.0. The highest BCUT2D eigenvalue weighted by Crippen LogP contribution is 2.41. The van der Waals surface area contributed by atoms with E-state index in [9.17, 15) is 10.1 Å². The van der Waals surface area contributed by atoms with Crippen molar-refractivity contribution in [2.24, 2.45) is 0 Å². The molecule has 3 aromatic carbocycles. The number of aliphatic hydroxyl groups excluding tert-OH is 1. The average molecular weight is 497 g/mol. The van der Waals surface area contributed by atoms with Gasteiger partial charge in [-0.3, -0.25) is 4.79 Å². The number of carboxylic acids is 1. The molecule has 0 saturated carbocycles. The van der Waals surface area contributed by atoms with Gasteiger partial charge >= 0.3 is 5.97 Å². The topological polar surface area (TPSA) is 116 Å². The van der Waals surface area contributed by atoms with Gasteiger partial charge in [0.2, 0.25) is 0 Å². The number of nitrogens with zero attached hydrogens (tertiary/aromatic N) is 1. The quantitative estimate of drug-likeness (QED) is 0.285. The average Bonchev–Trinajstić information content (AvgIpc) is 3.50. The number of carbonyl (C=O) groups is 1. The monoisotopic (exact) mass is 496 g/mol. The smallest absolute Gasteiger partial charge is 0.304 e. The van der Waals surface area contributed by atoms with Crippen LogP contribution in [0.3, 0.4) is 0 Å².